The third kappa shape index (κ3) is 2.81. The van der Waals surface area contributed by atoms with E-state index < -0.39 is 0 Å². The summed E-state index contributed by atoms with van der Waals surface area (Å²) in [5.41, 5.74) is 1.77. The molecule has 94 valence electrons. The topological polar surface area (TPSA) is 23.5 Å². The Bertz CT molecular complexity index is 369. The third-order valence-electron chi connectivity index (χ3n) is 3.81. The molecule has 1 atom stereocenters. The van der Waals surface area contributed by atoms with Gasteiger partial charge in [-0.2, -0.15) is 0 Å². The summed E-state index contributed by atoms with van der Waals surface area (Å²) in [4.78, 5) is 2.58. The monoisotopic (exact) mass is 233 g/mol. The van der Waals surface area contributed by atoms with Crippen molar-refractivity contribution in [1.82, 2.24) is 4.90 Å². The first-order valence-corrected chi connectivity index (χ1v) is 6.55. The molecule has 1 heterocycles. The van der Waals surface area contributed by atoms with E-state index in [4.69, 9.17) is 0 Å². The Morgan fingerprint density at radius 3 is 2.41 bits per heavy atom. The average Bonchev–Trinajstić information content (AvgIpc) is 2.63. The molecule has 1 aromatic carbocycles. The number of hydrogen-bond donors (Lipinski definition) is 1. The van der Waals surface area contributed by atoms with Crippen LogP contribution in [0.25, 0.3) is 0 Å². The average molecular weight is 233 g/mol. The zero-order chi connectivity index (χ0) is 12.5. The molecule has 1 aliphatic heterocycles. The lowest BCUT2D eigenvalue weighted by atomic mass is 9.93. The van der Waals surface area contributed by atoms with Crippen molar-refractivity contribution in [3.8, 4) is 5.75 Å². The van der Waals surface area contributed by atoms with E-state index in [9.17, 15) is 5.11 Å². The van der Waals surface area contributed by atoms with Crippen molar-refractivity contribution < 1.29 is 5.11 Å². The molecule has 1 saturated heterocycles. The Labute approximate surface area is 104 Å². The van der Waals surface area contributed by atoms with Crippen molar-refractivity contribution in [2.24, 2.45) is 5.41 Å². The van der Waals surface area contributed by atoms with Gasteiger partial charge in [-0.25, -0.2) is 0 Å². The van der Waals surface area contributed by atoms with Gasteiger partial charge in [0, 0.05) is 12.6 Å². The van der Waals surface area contributed by atoms with Crippen molar-refractivity contribution in [1.29, 1.82) is 0 Å². The summed E-state index contributed by atoms with van der Waals surface area (Å²) in [5.74, 6) is 0.352. The Morgan fingerprint density at radius 1 is 1.29 bits per heavy atom. The first kappa shape index (κ1) is 12.4. The van der Waals surface area contributed by atoms with Crippen LogP contribution in [0, 0.1) is 5.41 Å². The molecule has 2 nitrogen and oxygen atoms in total. The van der Waals surface area contributed by atoms with Crippen LogP contribution in [0.2, 0.25) is 0 Å². The summed E-state index contributed by atoms with van der Waals surface area (Å²) < 4.78 is 0. The van der Waals surface area contributed by atoms with Crippen LogP contribution >= 0.6 is 0 Å². The highest BCUT2D eigenvalue weighted by Crippen LogP contribution is 2.36. The highest BCUT2D eigenvalue weighted by atomic mass is 16.3. The molecule has 17 heavy (non-hydrogen) atoms. The molecular weight excluding hydrogens is 210 g/mol. The lowest BCUT2D eigenvalue weighted by Crippen LogP contribution is -2.27. The van der Waals surface area contributed by atoms with E-state index in [1.54, 1.807) is 12.1 Å². The van der Waals surface area contributed by atoms with E-state index in [1.807, 2.05) is 0 Å². The van der Waals surface area contributed by atoms with Crippen molar-refractivity contribution in [3.05, 3.63) is 29.8 Å². The molecular formula is C15H23NO. The Kier molecular flexibility index (Phi) is 3.43. The fourth-order valence-electron chi connectivity index (χ4n) is 2.82. The number of benzene rings is 1. The lowest BCUT2D eigenvalue weighted by Gasteiger charge is -2.28. The fourth-order valence-corrected chi connectivity index (χ4v) is 2.82. The van der Waals surface area contributed by atoms with Crippen molar-refractivity contribution in [3.63, 3.8) is 0 Å². The normalized spacial score (nSPS) is 21.6. The first-order chi connectivity index (χ1) is 8.02. The van der Waals surface area contributed by atoms with Crippen LogP contribution in [0.4, 0.5) is 0 Å². The van der Waals surface area contributed by atoms with Gasteiger partial charge in [-0.1, -0.05) is 32.9 Å². The van der Waals surface area contributed by atoms with Gasteiger partial charge >= 0.3 is 0 Å². The van der Waals surface area contributed by atoms with Crippen LogP contribution in [-0.2, 0) is 0 Å². The van der Waals surface area contributed by atoms with Crippen molar-refractivity contribution >= 4 is 0 Å². The van der Waals surface area contributed by atoms with Crippen molar-refractivity contribution in [2.75, 3.05) is 13.1 Å². The molecule has 1 unspecified atom stereocenters. The Hall–Kier alpha value is -1.02. The molecule has 2 rings (SSSR count). The number of phenols is 1. The summed E-state index contributed by atoms with van der Waals surface area (Å²) in [7, 11) is 0. The molecule has 1 fully saturated rings. The Morgan fingerprint density at radius 2 is 1.94 bits per heavy atom. The second kappa shape index (κ2) is 4.69. The van der Waals surface area contributed by atoms with Crippen LogP contribution in [0.3, 0.4) is 0 Å². The molecule has 0 amide bonds. The predicted molar refractivity (Wildman–Crippen MR) is 71.1 cm³/mol. The van der Waals surface area contributed by atoms with Gasteiger partial charge in [-0.3, -0.25) is 4.90 Å². The second-order valence-electron chi connectivity index (χ2n) is 5.90. The SMILES string of the molecule is CCC(c1ccc(O)cc1)N1CCC(C)(C)C1. The van der Waals surface area contributed by atoms with Gasteiger partial charge in [-0.15, -0.1) is 0 Å². The predicted octanol–water partition coefficient (Wildman–Crippen LogP) is 3.58. The van der Waals surface area contributed by atoms with Crippen LogP contribution in [0.15, 0.2) is 24.3 Å². The lowest BCUT2D eigenvalue weighted by molar-refractivity contribution is 0.213. The first-order valence-electron chi connectivity index (χ1n) is 6.55. The molecule has 0 radical (unpaired) electrons. The maximum absolute atomic E-state index is 9.35. The van der Waals surface area contributed by atoms with Gasteiger partial charge < -0.3 is 5.11 Å². The molecule has 0 bridgehead atoms. The summed E-state index contributed by atoms with van der Waals surface area (Å²) >= 11 is 0. The van der Waals surface area contributed by atoms with Gasteiger partial charge in [0.05, 0.1) is 0 Å². The van der Waals surface area contributed by atoms with Gasteiger partial charge in [0.25, 0.3) is 0 Å². The minimum absolute atomic E-state index is 0.352. The zero-order valence-electron chi connectivity index (χ0n) is 11.1. The molecule has 1 N–H and O–H groups in total. The van der Waals surface area contributed by atoms with Crippen molar-refractivity contribution in [2.45, 2.75) is 39.7 Å². The van der Waals surface area contributed by atoms with Crippen LogP contribution in [-0.4, -0.2) is 23.1 Å². The van der Waals surface area contributed by atoms with E-state index in [1.165, 1.54) is 25.1 Å². The number of likely N-dealkylation sites (tertiary alicyclic amines) is 1. The van der Waals surface area contributed by atoms with E-state index >= 15 is 0 Å². The summed E-state index contributed by atoms with van der Waals surface area (Å²) in [6.07, 6.45) is 2.41. The van der Waals surface area contributed by atoms with Gasteiger partial charge in [0.15, 0.2) is 0 Å². The maximum Gasteiger partial charge on any atom is 0.115 e. The standard InChI is InChI=1S/C15H23NO/c1-4-14(12-5-7-13(17)8-6-12)16-10-9-15(2,3)11-16/h5-8,14,17H,4,9-11H2,1-3H3. The molecule has 1 aromatic rings. The third-order valence-corrected chi connectivity index (χ3v) is 3.81. The number of nitrogens with zero attached hydrogens (tertiary/aromatic N) is 1. The smallest absolute Gasteiger partial charge is 0.115 e. The Balaban J connectivity index is 2.14. The van der Waals surface area contributed by atoms with Crippen LogP contribution in [0.1, 0.15) is 45.2 Å². The minimum atomic E-state index is 0.352. The highest BCUT2D eigenvalue weighted by Gasteiger charge is 2.33. The summed E-state index contributed by atoms with van der Waals surface area (Å²) in [5, 5.41) is 9.35. The maximum atomic E-state index is 9.35. The second-order valence-corrected chi connectivity index (χ2v) is 5.90. The van der Waals surface area contributed by atoms with Gasteiger partial charge in [0.1, 0.15) is 5.75 Å². The minimum Gasteiger partial charge on any atom is -0.508 e. The fraction of sp³-hybridized carbons (Fsp3) is 0.600. The summed E-state index contributed by atoms with van der Waals surface area (Å²) in [6.45, 7) is 9.29. The number of phenolic OH excluding ortho intramolecular Hbond substituents is 1. The van der Waals surface area contributed by atoms with E-state index in [0.717, 1.165) is 6.42 Å². The summed E-state index contributed by atoms with van der Waals surface area (Å²) in [6, 6.07) is 8.18. The molecule has 0 aromatic heterocycles. The van der Waals surface area contributed by atoms with Gasteiger partial charge in [0.2, 0.25) is 0 Å². The highest BCUT2D eigenvalue weighted by molar-refractivity contribution is 5.28. The van der Waals surface area contributed by atoms with E-state index in [-0.39, 0.29) is 0 Å². The van der Waals surface area contributed by atoms with Crippen LogP contribution in [0.5, 0.6) is 5.75 Å². The number of aromatic hydroxyl groups is 1. The van der Waals surface area contributed by atoms with E-state index in [2.05, 4.69) is 37.8 Å². The molecule has 0 aliphatic carbocycles. The van der Waals surface area contributed by atoms with Gasteiger partial charge in [-0.05, 0) is 42.5 Å². The molecule has 0 saturated carbocycles. The quantitative estimate of drug-likeness (QED) is 0.862. The molecule has 1 aliphatic rings. The molecule has 2 heteroatoms. The van der Waals surface area contributed by atoms with E-state index in [0.29, 0.717) is 17.2 Å². The molecule has 0 spiro atoms. The van der Waals surface area contributed by atoms with Crippen LogP contribution < -0.4 is 0 Å². The zero-order valence-corrected chi connectivity index (χ0v) is 11.1. The largest absolute Gasteiger partial charge is 0.508 e. The number of rotatable bonds is 3. The number of hydrogen-bond acceptors (Lipinski definition) is 2.